The molecule has 0 bridgehead atoms. The van der Waals surface area contributed by atoms with Crippen molar-refractivity contribution in [2.75, 3.05) is 279 Å². The minimum atomic E-state index is -1.48. The number of hydrogen-bond acceptors (Lipinski definition) is 38. The van der Waals surface area contributed by atoms with Crippen LogP contribution < -0.4 is 37.2 Å². The lowest BCUT2D eigenvalue weighted by Gasteiger charge is -2.41. The highest BCUT2D eigenvalue weighted by atomic mass is 16.8. The average Bonchev–Trinajstić information content (AvgIpc) is 1.63. The van der Waals surface area contributed by atoms with Crippen LogP contribution in [0.25, 0.3) is 0 Å². The molecule has 46 nitrogen and oxygen atoms in total. The van der Waals surface area contributed by atoms with Gasteiger partial charge in [0.15, 0.2) is 36.2 Å². The molecule has 0 aromatic rings. The first-order chi connectivity index (χ1) is 61.1. The number of carbonyl (C=O) groups is 8. The molecule has 6 aliphatic heterocycles. The van der Waals surface area contributed by atoms with Crippen molar-refractivity contribution < 1.29 is 186 Å². The number of carboxylic acid groups (broad SMARTS) is 1. The zero-order valence-corrected chi connectivity index (χ0v) is 75.8. The Balaban J connectivity index is 0.878. The fourth-order valence-electron chi connectivity index (χ4n) is 13.9. The maximum absolute atomic E-state index is 13.7. The zero-order valence-electron chi connectivity index (χ0n) is 75.8. The molecule has 46 heteroatoms. The summed E-state index contributed by atoms with van der Waals surface area (Å²) in [5, 5.41) is 28.6. The predicted octanol–water partition coefficient (Wildman–Crippen LogP) is -3.07. The van der Waals surface area contributed by atoms with E-state index in [-0.39, 0.29) is 259 Å². The topological polar surface area (TPSA) is 518 Å². The summed E-state index contributed by atoms with van der Waals surface area (Å²) < 4.78 is 174. The van der Waals surface area contributed by atoms with Crippen LogP contribution >= 0.6 is 0 Å². The molecule has 7 amide bonds. The molecular weight excluding hydrogens is 1690 g/mol. The van der Waals surface area contributed by atoms with Crippen molar-refractivity contribution in [2.24, 2.45) is 0 Å². The fourth-order valence-corrected chi connectivity index (χ4v) is 13.9. The van der Waals surface area contributed by atoms with Gasteiger partial charge in [-0.3, -0.25) is 33.6 Å². The Hall–Kier alpha value is -5.44. The zero-order chi connectivity index (χ0) is 92.1. The summed E-state index contributed by atoms with van der Waals surface area (Å²) in [6.45, 7) is 19.7. The summed E-state index contributed by atoms with van der Waals surface area (Å²) in [5.41, 5.74) is -1.48. The first-order valence-corrected chi connectivity index (χ1v) is 43.2. The molecular formula is C81H143N7O39. The van der Waals surface area contributed by atoms with Crippen molar-refractivity contribution in [2.45, 2.75) is 196 Å². The molecule has 15 atom stereocenters. The lowest BCUT2D eigenvalue weighted by molar-refractivity contribution is -0.245. The van der Waals surface area contributed by atoms with Gasteiger partial charge in [0.25, 0.3) is 0 Å². The molecule has 127 heavy (non-hydrogen) atoms. The molecule has 6 heterocycles. The first-order valence-electron chi connectivity index (χ1n) is 43.2. The number of fused-ring (bicyclic) bond motifs is 3. The van der Waals surface area contributed by atoms with Crippen molar-refractivity contribution in [3.8, 4) is 0 Å². The van der Waals surface area contributed by atoms with Gasteiger partial charge in [-0.2, -0.15) is 0 Å². The standard InChI is InChI=1S/C81H143N7O39/c1-55(89)85-66-72-69(122-78(4,5)125-72)58(119-75(66)98-10)47-111-42-37-107-34-31-104-28-25-101-22-16-82-61(92)13-19-116-52-81(88-64(95)50-114-45-40-110-41-46-115-51-65(96)97,53-117-20-14-62(93)83-17-23-102-26-29-105-32-35-108-38-43-112-48-59-70-73(126-79(6,7)123-70)67(86-56(2)90)76(99-11)120-59)54-118-21-15-63(94)84-18-24-103-27-30-106-33-36-109-39-44-113-49-60-71-74(127-80(8,9)124-71)68(87-57(3)91)77(100-12)121-60/h58-60,66-77H,13-54H2,1-12H3,(H,82,92)(H,83,93)(H,84,94)(H,85,89)(H,86,90)(H,87,91)(H,88,95)(H,96,97)/t58-,59-,60-,66-,67-,68-,69+,70+,71+,72-,73-,74-,75-,76-,77-/m1/s1. The fraction of sp³-hybridized carbons (Fsp3) is 0.901. The maximum atomic E-state index is 13.7. The molecule has 0 spiro atoms. The number of amides is 7. The Kier molecular flexibility index (Phi) is 54.0. The van der Waals surface area contributed by atoms with E-state index in [0.717, 1.165) is 0 Å². The van der Waals surface area contributed by atoms with E-state index in [1.807, 2.05) is 0 Å². The van der Waals surface area contributed by atoms with Crippen LogP contribution in [0, 0.1) is 0 Å². The SMILES string of the molecule is CO[C@@H]1O[C@H](COCCOCCOCCOCCNC(=O)CCOCC(COCCC(=O)NCCOCCOCCOCCOC[C@H]2O[C@@H](OC)[C@H](NC(C)=O)[C@H]3OC(C)(C)O[C@H]32)(COCCC(=O)NCCOCCOCCOCCOC[C@H]2O[C@@H](OC)[C@H](NC(C)=O)[C@H]3OC(C)(C)O[C@H]32)NC(=O)COCCOCCOCC(=O)O)[C@@H]2OC(C)(C)O[C@@H]2[C@H]1NC(C)=O. The quantitative estimate of drug-likeness (QED) is 0.0280. The van der Waals surface area contributed by atoms with Gasteiger partial charge in [0.2, 0.25) is 41.4 Å². The summed E-state index contributed by atoms with van der Waals surface area (Å²) in [6, 6.07) is -1.72. The number of rotatable bonds is 74. The summed E-state index contributed by atoms with van der Waals surface area (Å²) in [7, 11) is 4.47. The number of hydrogen-bond donors (Lipinski definition) is 8. The highest BCUT2D eigenvalue weighted by Crippen LogP contribution is 2.41. The van der Waals surface area contributed by atoms with Gasteiger partial charge in [-0.25, -0.2) is 4.79 Å². The van der Waals surface area contributed by atoms with Gasteiger partial charge in [0, 0.05) is 81.0 Å². The van der Waals surface area contributed by atoms with Gasteiger partial charge in [0.1, 0.15) is 91.8 Å². The number of nitrogens with one attached hydrogen (secondary N) is 7. The Morgan fingerprint density at radius 2 is 0.535 bits per heavy atom. The molecule has 8 N–H and O–H groups in total. The second-order valence-electron chi connectivity index (χ2n) is 31.3. The van der Waals surface area contributed by atoms with Crippen LogP contribution in [-0.4, -0.2) is 446 Å². The van der Waals surface area contributed by atoms with Gasteiger partial charge in [-0.1, -0.05) is 0 Å². The molecule has 736 valence electrons. The lowest BCUT2D eigenvalue weighted by Crippen LogP contribution is -2.63. The van der Waals surface area contributed by atoms with E-state index in [2.05, 4.69) is 37.2 Å². The van der Waals surface area contributed by atoms with Gasteiger partial charge >= 0.3 is 5.97 Å². The van der Waals surface area contributed by atoms with Crippen molar-refractivity contribution in [3.63, 3.8) is 0 Å². The largest absolute Gasteiger partial charge is 0.480 e. The Morgan fingerprint density at radius 1 is 0.299 bits per heavy atom. The Bertz CT molecular complexity index is 2810. The van der Waals surface area contributed by atoms with E-state index >= 15 is 0 Å². The smallest absolute Gasteiger partial charge is 0.329 e. The second kappa shape index (κ2) is 62.1. The van der Waals surface area contributed by atoms with E-state index in [1.165, 1.54) is 42.1 Å². The lowest BCUT2D eigenvalue weighted by atomic mass is 9.97. The van der Waals surface area contributed by atoms with Crippen molar-refractivity contribution >= 4 is 47.3 Å². The summed E-state index contributed by atoms with van der Waals surface area (Å²) in [4.78, 5) is 99.5. The minimum absolute atomic E-state index is 0.0222. The third-order valence-electron chi connectivity index (χ3n) is 19.3. The minimum Gasteiger partial charge on any atom is -0.480 e. The third kappa shape index (κ3) is 44.8. The van der Waals surface area contributed by atoms with Crippen molar-refractivity contribution in [1.82, 2.24) is 37.2 Å². The molecule has 6 rings (SSSR count). The van der Waals surface area contributed by atoms with Gasteiger partial charge in [0.05, 0.1) is 225 Å². The number of carboxylic acids is 1. The molecule has 0 saturated carbocycles. The first kappa shape index (κ1) is 110. The van der Waals surface area contributed by atoms with Crippen LogP contribution in [-0.2, 0) is 180 Å². The van der Waals surface area contributed by atoms with E-state index in [4.69, 9.17) is 147 Å². The number of methoxy groups -OCH3 is 3. The van der Waals surface area contributed by atoms with Crippen LogP contribution in [0.2, 0.25) is 0 Å². The van der Waals surface area contributed by atoms with Gasteiger partial charge in [-0.05, 0) is 41.5 Å². The number of aliphatic carboxylic acids is 1. The Morgan fingerprint density at radius 3 is 0.787 bits per heavy atom. The molecule has 0 radical (unpaired) electrons. The summed E-state index contributed by atoms with van der Waals surface area (Å²) in [6.07, 6.45) is -7.22. The van der Waals surface area contributed by atoms with E-state index in [9.17, 15) is 38.4 Å². The van der Waals surface area contributed by atoms with Crippen molar-refractivity contribution in [1.29, 1.82) is 0 Å². The predicted molar refractivity (Wildman–Crippen MR) is 437 cm³/mol. The van der Waals surface area contributed by atoms with Crippen LogP contribution in [0.15, 0.2) is 0 Å². The third-order valence-corrected chi connectivity index (χ3v) is 19.3. The highest BCUT2D eigenvalue weighted by Gasteiger charge is 2.59. The summed E-state index contributed by atoms with van der Waals surface area (Å²) >= 11 is 0. The van der Waals surface area contributed by atoms with Crippen LogP contribution in [0.1, 0.15) is 81.6 Å². The van der Waals surface area contributed by atoms with Crippen LogP contribution in [0.5, 0.6) is 0 Å². The molecule has 0 aromatic carbocycles. The molecule has 0 unspecified atom stereocenters. The van der Waals surface area contributed by atoms with E-state index in [0.29, 0.717) is 39.6 Å². The number of carbonyl (C=O) groups excluding carboxylic acids is 7. The van der Waals surface area contributed by atoms with E-state index < -0.39 is 140 Å². The second-order valence-corrected chi connectivity index (χ2v) is 31.3. The molecule has 0 aliphatic carbocycles. The van der Waals surface area contributed by atoms with E-state index in [1.54, 1.807) is 41.5 Å². The molecule has 6 saturated heterocycles. The molecule has 6 aliphatic rings. The van der Waals surface area contributed by atoms with Gasteiger partial charge in [-0.15, -0.1) is 0 Å². The monoisotopic (exact) mass is 1840 g/mol. The van der Waals surface area contributed by atoms with Crippen LogP contribution in [0.3, 0.4) is 0 Å². The van der Waals surface area contributed by atoms with Gasteiger partial charge < -0.3 is 184 Å². The Labute approximate surface area is 742 Å². The normalized spacial score (nSPS) is 25.1. The number of ether oxygens (including phenoxy) is 30. The van der Waals surface area contributed by atoms with Crippen LogP contribution in [0.4, 0.5) is 0 Å². The highest BCUT2D eigenvalue weighted by molar-refractivity contribution is 5.79. The van der Waals surface area contributed by atoms with Crippen molar-refractivity contribution in [3.05, 3.63) is 0 Å². The molecule has 0 aromatic heterocycles. The maximum Gasteiger partial charge on any atom is 0.329 e. The average molecular weight is 1840 g/mol. The summed E-state index contributed by atoms with van der Waals surface area (Å²) in [5.74, 6) is -6.27. The molecule has 6 fully saturated rings.